The Morgan fingerprint density at radius 2 is 2.00 bits per heavy atom. The molecule has 0 aliphatic rings. The van der Waals surface area contributed by atoms with Gasteiger partial charge in [-0.2, -0.15) is 0 Å². The van der Waals surface area contributed by atoms with Crippen molar-refractivity contribution >= 4 is 51.1 Å². The first kappa shape index (κ1) is 23.9. The standard InChI is InChI=1S/C19H27N3O2S2.HI/c1-14(10-17-6-5-9-25-17)12-21-19(20-3)22-13-16-7-8-18(15(2)11-16)26(4,23)24;/h5-9,11,14H,10,12-13H2,1-4H3,(H2,20,21,22);1H. The fourth-order valence-corrected chi connectivity index (χ4v) is 4.59. The smallest absolute Gasteiger partial charge is 0.191 e. The molecule has 2 N–H and O–H groups in total. The van der Waals surface area contributed by atoms with E-state index >= 15 is 0 Å². The normalized spacial score (nSPS) is 13.0. The van der Waals surface area contributed by atoms with Crippen LogP contribution in [0.4, 0.5) is 0 Å². The van der Waals surface area contributed by atoms with Crippen LogP contribution in [0, 0.1) is 12.8 Å². The average molecular weight is 521 g/mol. The highest BCUT2D eigenvalue weighted by atomic mass is 127. The third-order valence-corrected chi connectivity index (χ3v) is 6.23. The second-order valence-electron chi connectivity index (χ2n) is 6.57. The molecular formula is C19H28IN3O2S2. The molecule has 0 bridgehead atoms. The highest BCUT2D eigenvalue weighted by molar-refractivity contribution is 14.0. The molecule has 150 valence electrons. The predicted molar refractivity (Wildman–Crippen MR) is 125 cm³/mol. The van der Waals surface area contributed by atoms with Crippen LogP contribution >= 0.6 is 35.3 Å². The van der Waals surface area contributed by atoms with Crippen LogP contribution in [-0.2, 0) is 22.8 Å². The minimum Gasteiger partial charge on any atom is -0.356 e. The topological polar surface area (TPSA) is 70.6 Å². The Morgan fingerprint density at radius 1 is 1.26 bits per heavy atom. The number of nitrogens with zero attached hydrogens (tertiary/aromatic N) is 1. The van der Waals surface area contributed by atoms with Crippen molar-refractivity contribution in [2.24, 2.45) is 10.9 Å². The zero-order chi connectivity index (χ0) is 19.2. The van der Waals surface area contributed by atoms with Crippen molar-refractivity contribution < 1.29 is 8.42 Å². The Balaban J connectivity index is 0.00000364. The summed E-state index contributed by atoms with van der Waals surface area (Å²) >= 11 is 1.79. The predicted octanol–water partition coefficient (Wildman–Crippen LogP) is 3.62. The molecule has 0 aliphatic heterocycles. The molecule has 1 heterocycles. The maximum atomic E-state index is 11.7. The number of thiophene rings is 1. The van der Waals surface area contributed by atoms with Gasteiger partial charge in [-0.15, -0.1) is 35.3 Å². The van der Waals surface area contributed by atoms with Crippen molar-refractivity contribution in [3.05, 3.63) is 51.7 Å². The molecule has 0 radical (unpaired) electrons. The third kappa shape index (κ3) is 7.79. The fraction of sp³-hybridized carbons (Fsp3) is 0.421. The molecule has 2 aromatic rings. The number of rotatable bonds is 7. The fourth-order valence-electron chi connectivity index (χ4n) is 2.76. The van der Waals surface area contributed by atoms with Gasteiger partial charge in [-0.25, -0.2) is 8.42 Å². The van der Waals surface area contributed by atoms with E-state index < -0.39 is 9.84 Å². The molecule has 1 unspecified atom stereocenters. The molecule has 1 aromatic heterocycles. The first-order chi connectivity index (χ1) is 12.3. The van der Waals surface area contributed by atoms with E-state index in [4.69, 9.17) is 0 Å². The molecule has 5 nitrogen and oxygen atoms in total. The average Bonchev–Trinajstić information content (AvgIpc) is 3.06. The maximum Gasteiger partial charge on any atom is 0.191 e. The molecule has 0 amide bonds. The van der Waals surface area contributed by atoms with Gasteiger partial charge in [0.1, 0.15) is 0 Å². The Labute approximate surface area is 183 Å². The highest BCUT2D eigenvalue weighted by Crippen LogP contribution is 2.16. The minimum atomic E-state index is -3.18. The molecule has 1 atom stereocenters. The largest absolute Gasteiger partial charge is 0.356 e. The molecule has 0 spiro atoms. The molecule has 0 fully saturated rings. The number of hydrogen-bond donors (Lipinski definition) is 2. The van der Waals surface area contributed by atoms with Crippen LogP contribution in [-0.4, -0.2) is 34.2 Å². The van der Waals surface area contributed by atoms with Crippen molar-refractivity contribution in [2.45, 2.75) is 31.7 Å². The quantitative estimate of drug-likeness (QED) is 0.332. The monoisotopic (exact) mass is 521 g/mol. The van der Waals surface area contributed by atoms with Crippen LogP contribution in [0.5, 0.6) is 0 Å². The lowest BCUT2D eigenvalue weighted by Crippen LogP contribution is -2.39. The van der Waals surface area contributed by atoms with Crippen molar-refractivity contribution in [2.75, 3.05) is 19.8 Å². The second kappa shape index (κ2) is 11.0. The summed E-state index contributed by atoms with van der Waals surface area (Å²) in [4.78, 5) is 6.03. The Bertz CT molecular complexity index is 850. The third-order valence-electron chi connectivity index (χ3n) is 4.07. The van der Waals surface area contributed by atoms with Gasteiger partial charge in [0.15, 0.2) is 15.8 Å². The number of aliphatic imine (C=N–C) groups is 1. The van der Waals surface area contributed by atoms with E-state index in [1.807, 2.05) is 19.1 Å². The van der Waals surface area contributed by atoms with E-state index in [0.29, 0.717) is 17.4 Å². The molecular weight excluding hydrogens is 493 g/mol. The van der Waals surface area contributed by atoms with E-state index in [1.54, 1.807) is 24.5 Å². The van der Waals surface area contributed by atoms with E-state index in [9.17, 15) is 8.42 Å². The zero-order valence-electron chi connectivity index (χ0n) is 16.2. The van der Waals surface area contributed by atoms with Crippen molar-refractivity contribution in [1.29, 1.82) is 0 Å². The number of sulfone groups is 1. The molecule has 1 aromatic carbocycles. The first-order valence-electron chi connectivity index (χ1n) is 8.56. The minimum absolute atomic E-state index is 0. The number of nitrogens with one attached hydrogen (secondary N) is 2. The van der Waals surface area contributed by atoms with E-state index in [1.165, 1.54) is 11.1 Å². The van der Waals surface area contributed by atoms with Crippen LogP contribution in [0.2, 0.25) is 0 Å². The summed E-state index contributed by atoms with van der Waals surface area (Å²) in [7, 11) is -1.43. The van der Waals surface area contributed by atoms with Crippen molar-refractivity contribution in [3.8, 4) is 0 Å². The SMILES string of the molecule is CN=C(NCc1ccc(S(C)(=O)=O)c(C)c1)NCC(C)Cc1cccs1.I. The Hall–Kier alpha value is -1.13. The summed E-state index contributed by atoms with van der Waals surface area (Å²) in [5.74, 6) is 1.25. The summed E-state index contributed by atoms with van der Waals surface area (Å²) in [6.45, 7) is 5.46. The van der Waals surface area contributed by atoms with Gasteiger partial charge < -0.3 is 10.6 Å². The summed E-state index contributed by atoms with van der Waals surface area (Å²) < 4.78 is 23.4. The lowest BCUT2D eigenvalue weighted by molar-refractivity contribution is 0.562. The summed E-state index contributed by atoms with van der Waals surface area (Å²) in [6.07, 6.45) is 2.28. The Morgan fingerprint density at radius 3 is 2.56 bits per heavy atom. The van der Waals surface area contributed by atoms with Crippen molar-refractivity contribution in [3.63, 3.8) is 0 Å². The van der Waals surface area contributed by atoms with E-state index in [-0.39, 0.29) is 24.0 Å². The van der Waals surface area contributed by atoms with E-state index in [0.717, 1.165) is 30.1 Å². The van der Waals surface area contributed by atoms with Crippen LogP contribution in [0.25, 0.3) is 0 Å². The van der Waals surface area contributed by atoms with Gasteiger partial charge in [0.2, 0.25) is 0 Å². The van der Waals surface area contributed by atoms with Crippen LogP contribution < -0.4 is 10.6 Å². The van der Waals surface area contributed by atoms with Crippen LogP contribution in [0.15, 0.2) is 45.6 Å². The summed E-state index contributed by atoms with van der Waals surface area (Å²) in [5, 5.41) is 8.73. The molecule has 0 aliphatic carbocycles. The number of halogens is 1. The molecule has 0 saturated carbocycles. The molecule has 2 rings (SSSR count). The Kier molecular flexibility index (Phi) is 9.75. The first-order valence-corrected chi connectivity index (χ1v) is 11.3. The van der Waals surface area contributed by atoms with Crippen LogP contribution in [0.1, 0.15) is 22.9 Å². The van der Waals surface area contributed by atoms with E-state index in [2.05, 4.69) is 40.1 Å². The second-order valence-corrected chi connectivity index (χ2v) is 9.58. The molecule has 8 heteroatoms. The maximum absolute atomic E-state index is 11.7. The van der Waals surface area contributed by atoms with Crippen molar-refractivity contribution in [1.82, 2.24) is 10.6 Å². The van der Waals surface area contributed by atoms with Gasteiger partial charge in [-0.05, 0) is 47.9 Å². The van der Waals surface area contributed by atoms with Gasteiger partial charge in [0, 0.05) is 31.3 Å². The number of hydrogen-bond acceptors (Lipinski definition) is 4. The van der Waals surface area contributed by atoms with Gasteiger partial charge >= 0.3 is 0 Å². The zero-order valence-corrected chi connectivity index (χ0v) is 20.1. The van der Waals surface area contributed by atoms with Gasteiger partial charge in [-0.1, -0.05) is 25.1 Å². The summed E-state index contributed by atoms with van der Waals surface area (Å²) in [5.41, 5.74) is 1.78. The van der Waals surface area contributed by atoms with Gasteiger partial charge in [0.25, 0.3) is 0 Å². The summed E-state index contributed by atoms with van der Waals surface area (Å²) in [6, 6.07) is 9.65. The number of benzene rings is 1. The van der Waals surface area contributed by atoms with Gasteiger partial charge in [0.05, 0.1) is 4.90 Å². The highest BCUT2D eigenvalue weighted by Gasteiger charge is 2.11. The number of guanidine groups is 1. The molecule has 27 heavy (non-hydrogen) atoms. The lowest BCUT2D eigenvalue weighted by Gasteiger charge is -2.16. The van der Waals surface area contributed by atoms with Crippen LogP contribution in [0.3, 0.4) is 0 Å². The molecule has 0 saturated heterocycles. The number of aryl methyl sites for hydroxylation is 1. The van der Waals surface area contributed by atoms with Gasteiger partial charge in [-0.3, -0.25) is 4.99 Å². The lowest BCUT2D eigenvalue weighted by atomic mass is 10.1.